The summed E-state index contributed by atoms with van der Waals surface area (Å²) in [5.74, 6) is -1.96. The number of fused-ring (bicyclic) bond motifs is 8. The number of rotatable bonds is 4. The number of hydrogen-bond donors (Lipinski definition) is 2. The summed E-state index contributed by atoms with van der Waals surface area (Å²) in [5.41, 5.74) is -2.21. The van der Waals surface area contributed by atoms with Gasteiger partial charge in [0.15, 0.2) is 11.9 Å². The van der Waals surface area contributed by atoms with Crippen LogP contribution in [0, 0.1) is 11.3 Å². The molecule has 3 aliphatic carbocycles. The van der Waals surface area contributed by atoms with Crippen molar-refractivity contribution in [3.05, 3.63) is 71.8 Å². The minimum atomic E-state index is -1.91. The van der Waals surface area contributed by atoms with E-state index in [1.165, 1.54) is 6.92 Å². The fourth-order valence-electron chi connectivity index (χ4n) is 7.89. The highest BCUT2D eigenvalue weighted by atomic mass is 16.7. The van der Waals surface area contributed by atoms with Gasteiger partial charge >= 0.3 is 11.9 Å². The number of benzene rings is 1. The summed E-state index contributed by atoms with van der Waals surface area (Å²) < 4.78 is 31.2. The van der Waals surface area contributed by atoms with E-state index >= 15 is 0 Å². The SMILES string of the molecule is C=C[C@@H]1O[C@@H]2C3=C(C)[C@@H](O)C[C@](O)(C3=C)[C@@H](OC(=O)c3ccccc3)[C@H]3[C@@](C)(CC[C@H]4OC[C@]43OC(C)=O)[C@@H]2O1. The first-order chi connectivity index (χ1) is 19.0. The van der Waals surface area contributed by atoms with Gasteiger partial charge in [-0.15, -0.1) is 0 Å². The lowest BCUT2D eigenvalue weighted by Gasteiger charge is -2.66. The van der Waals surface area contributed by atoms with E-state index in [4.69, 9.17) is 23.7 Å². The van der Waals surface area contributed by atoms with Crippen molar-refractivity contribution in [3.8, 4) is 0 Å². The maximum absolute atomic E-state index is 13.7. The Morgan fingerprint density at radius 1 is 1.20 bits per heavy atom. The molecule has 9 heteroatoms. The van der Waals surface area contributed by atoms with Crippen LogP contribution in [0.1, 0.15) is 50.4 Å². The third-order valence-electron chi connectivity index (χ3n) is 9.83. The van der Waals surface area contributed by atoms with E-state index < -0.39 is 71.3 Å². The van der Waals surface area contributed by atoms with Gasteiger partial charge in [-0.2, -0.15) is 0 Å². The number of aliphatic hydroxyl groups is 2. The molecule has 0 radical (unpaired) electrons. The molecule has 9 nitrogen and oxygen atoms in total. The lowest BCUT2D eigenvalue weighted by atomic mass is 9.48. The summed E-state index contributed by atoms with van der Waals surface area (Å²) in [6.45, 7) is 13.3. The second-order valence-corrected chi connectivity index (χ2v) is 12.0. The maximum atomic E-state index is 13.7. The molecule has 2 bridgehead atoms. The molecule has 2 heterocycles. The number of carbonyl (C=O) groups excluding carboxylic acids is 2. The highest BCUT2D eigenvalue weighted by Crippen LogP contribution is 2.64. The fraction of sp³-hybridized carbons (Fsp3) is 0.548. The zero-order valence-corrected chi connectivity index (χ0v) is 23.0. The minimum Gasteiger partial charge on any atom is -0.455 e. The van der Waals surface area contributed by atoms with E-state index in [0.29, 0.717) is 29.6 Å². The molecule has 2 aliphatic heterocycles. The molecule has 40 heavy (non-hydrogen) atoms. The zero-order valence-electron chi connectivity index (χ0n) is 23.0. The van der Waals surface area contributed by atoms with Crippen molar-refractivity contribution in [3.63, 3.8) is 0 Å². The largest absolute Gasteiger partial charge is 0.455 e. The second-order valence-electron chi connectivity index (χ2n) is 12.0. The van der Waals surface area contributed by atoms with Crippen LogP contribution in [0.2, 0.25) is 0 Å². The quantitative estimate of drug-likeness (QED) is 0.429. The van der Waals surface area contributed by atoms with Crippen LogP contribution in [0.5, 0.6) is 0 Å². The molecular formula is C31H36O9. The van der Waals surface area contributed by atoms with Crippen LogP contribution in [0.4, 0.5) is 0 Å². The number of carbonyl (C=O) groups is 2. The van der Waals surface area contributed by atoms with Gasteiger partial charge in [0.2, 0.25) is 0 Å². The summed E-state index contributed by atoms with van der Waals surface area (Å²) in [5, 5.41) is 23.9. The van der Waals surface area contributed by atoms with Gasteiger partial charge in [0.1, 0.15) is 23.9 Å². The van der Waals surface area contributed by atoms with Crippen molar-refractivity contribution >= 4 is 11.9 Å². The monoisotopic (exact) mass is 552 g/mol. The smallest absolute Gasteiger partial charge is 0.338 e. The van der Waals surface area contributed by atoms with Gasteiger partial charge in [-0.3, -0.25) is 4.79 Å². The Morgan fingerprint density at radius 3 is 2.55 bits per heavy atom. The van der Waals surface area contributed by atoms with Crippen molar-refractivity contribution in [1.82, 2.24) is 0 Å². The number of esters is 2. The fourth-order valence-corrected chi connectivity index (χ4v) is 7.89. The third kappa shape index (κ3) is 3.72. The molecule has 0 aromatic heterocycles. The maximum Gasteiger partial charge on any atom is 0.338 e. The molecule has 4 fully saturated rings. The Kier molecular flexibility index (Phi) is 6.40. The predicted octanol–water partition coefficient (Wildman–Crippen LogP) is 3.01. The second kappa shape index (κ2) is 9.36. The molecule has 0 amide bonds. The van der Waals surface area contributed by atoms with Gasteiger partial charge in [0, 0.05) is 18.8 Å². The van der Waals surface area contributed by atoms with Crippen LogP contribution in [0.25, 0.3) is 0 Å². The average Bonchev–Trinajstić information content (AvgIpc) is 3.34. The highest BCUT2D eigenvalue weighted by Gasteiger charge is 2.75. The van der Waals surface area contributed by atoms with E-state index in [9.17, 15) is 19.8 Å². The molecule has 10 atom stereocenters. The molecule has 5 aliphatic rings. The number of aliphatic hydroxyl groups excluding tert-OH is 1. The Labute approximate surface area is 233 Å². The van der Waals surface area contributed by atoms with Crippen LogP contribution in [0.15, 0.2) is 66.3 Å². The van der Waals surface area contributed by atoms with Crippen LogP contribution >= 0.6 is 0 Å². The zero-order chi connectivity index (χ0) is 28.6. The number of ether oxygens (including phenoxy) is 5. The van der Waals surface area contributed by atoms with Crippen LogP contribution in [0.3, 0.4) is 0 Å². The Balaban J connectivity index is 1.60. The molecule has 1 aromatic carbocycles. The Bertz CT molecular complexity index is 1290. The first-order valence-electron chi connectivity index (χ1n) is 13.8. The van der Waals surface area contributed by atoms with E-state index in [2.05, 4.69) is 13.2 Å². The van der Waals surface area contributed by atoms with Crippen LogP contribution in [-0.2, 0) is 28.5 Å². The van der Waals surface area contributed by atoms with Crippen LogP contribution in [-0.4, -0.2) is 76.8 Å². The molecule has 0 spiro atoms. The van der Waals surface area contributed by atoms with E-state index in [1.807, 2.05) is 6.92 Å². The van der Waals surface area contributed by atoms with E-state index in [-0.39, 0.29) is 18.6 Å². The topological polar surface area (TPSA) is 121 Å². The Morgan fingerprint density at radius 2 is 1.93 bits per heavy atom. The number of hydrogen-bond acceptors (Lipinski definition) is 9. The first-order valence-corrected chi connectivity index (χ1v) is 13.8. The molecule has 2 N–H and O–H groups in total. The lowest BCUT2D eigenvalue weighted by molar-refractivity contribution is -0.337. The standard InChI is InChI=1S/C31H36O9/c1-6-22-37-24-23-16(2)20(33)14-30(35,17(23)3)27(39-28(34)19-10-8-7-9-11-19)25-29(5,26(24)38-22)13-12-21-31(25,15-36-21)40-18(4)32/h6-11,20-22,24-27,33,35H,1,3,12-15H2,2,4-5H3/t20-,21+,22+,24+,25-,26+,27-,29+,30-,31-/m0/s1. The van der Waals surface area contributed by atoms with Gasteiger partial charge in [0.25, 0.3) is 0 Å². The Hall–Kier alpha value is -2.82. The van der Waals surface area contributed by atoms with Gasteiger partial charge in [-0.1, -0.05) is 38.3 Å². The summed E-state index contributed by atoms with van der Waals surface area (Å²) in [6.07, 6.45) is -2.37. The van der Waals surface area contributed by atoms with Crippen molar-refractivity contribution in [2.75, 3.05) is 6.61 Å². The summed E-state index contributed by atoms with van der Waals surface area (Å²) in [4.78, 5) is 26.2. The normalized spacial score (nSPS) is 43.7. The molecule has 6 rings (SSSR count). The summed E-state index contributed by atoms with van der Waals surface area (Å²) in [6, 6.07) is 8.50. The van der Waals surface area contributed by atoms with Crippen molar-refractivity contribution in [2.24, 2.45) is 11.3 Å². The molecule has 214 valence electrons. The molecular weight excluding hydrogens is 516 g/mol. The molecule has 2 saturated heterocycles. The first kappa shape index (κ1) is 27.4. The van der Waals surface area contributed by atoms with Gasteiger partial charge in [0.05, 0.1) is 30.3 Å². The van der Waals surface area contributed by atoms with Crippen molar-refractivity contribution in [2.45, 2.75) is 88.0 Å². The molecule has 2 saturated carbocycles. The van der Waals surface area contributed by atoms with E-state index in [1.54, 1.807) is 43.3 Å². The summed E-state index contributed by atoms with van der Waals surface area (Å²) in [7, 11) is 0. The average molecular weight is 553 g/mol. The van der Waals surface area contributed by atoms with E-state index in [0.717, 1.165) is 0 Å². The molecule has 0 unspecified atom stereocenters. The van der Waals surface area contributed by atoms with Crippen LogP contribution < -0.4 is 0 Å². The van der Waals surface area contributed by atoms with Gasteiger partial charge < -0.3 is 33.9 Å². The molecule has 1 aromatic rings. The third-order valence-corrected chi connectivity index (χ3v) is 9.83. The predicted molar refractivity (Wildman–Crippen MR) is 142 cm³/mol. The highest BCUT2D eigenvalue weighted by molar-refractivity contribution is 5.89. The van der Waals surface area contributed by atoms with Gasteiger partial charge in [-0.25, -0.2) is 4.79 Å². The minimum absolute atomic E-state index is 0.0624. The lowest BCUT2D eigenvalue weighted by Crippen LogP contribution is -2.78. The van der Waals surface area contributed by atoms with Crippen molar-refractivity contribution < 1.29 is 43.5 Å². The summed E-state index contributed by atoms with van der Waals surface area (Å²) >= 11 is 0. The van der Waals surface area contributed by atoms with Gasteiger partial charge in [-0.05, 0) is 54.7 Å². The van der Waals surface area contributed by atoms with Crippen molar-refractivity contribution in [1.29, 1.82) is 0 Å².